The van der Waals surface area contributed by atoms with Crippen molar-refractivity contribution in [3.05, 3.63) is 132 Å². The Labute approximate surface area is 203 Å². The first-order valence-electron chi connectivity index (χ1n) is 11.3. The molecular weight excluding hydrogens is 436 g/mol. The maximum Gasteiger partial charge on any atom is 0.252 e. The molecule has 0 spiro atoms. The van der Waals surface area contributed by atoms with Crippen molar-refractivity contribution in [3.63, 3.8) is 0 Å². The molecule has 0 unspecified atom stereocenters. The van der Waals surface area contributed by atoms with E-state index >= 15 is 0 Å². The molecule has 2 aromatic heterocycles. The summed E-state index contributed by atoms with van der Waals surface area (Å²) in [6.45, 7) is 1.89. The Morgan fingerprint density at radius 2 is 1.49 bits per heavy atom. The van der Waals surface area contributed by atoms with Gasteiger partial charge in [-0.25, -0.2) is 10.1 Å². The Morgan fingerprint density at radius 3 is 2.06 bits per heavy atom. The van der Waals surface area contributed by atoms with E-state index in [1.807, 2.05) is 116 Å². The Balaban J connectivity index is 1.44. The van der Waals surface area contributed by atoms with Crippen molar-refractivity contribution in [3.8, 4) is 17.1 Å². The lowest BCUT2D eigenvalue weighted by Crippen LogP contribution is -2.26. The van der Waals surface area contributed by atoms with Gasteiger partial charge in [-0.3, -0.25) is 4.79 Å². The number of rotatable bonds is 7. The normalized spacial score (nSPS) is 11.3. The maximum atomic E-state index is 13.3. The van der Waals surface area contributed by atoms with Crippen molar-refractivity contribution in [1.29, 1.82) is 0 Å². The van der Waals surface area contributed by atoms with Crippen LogP contribution in [0.15, 0.2) is 119 Å². The number of aryl methyl sites for hydroxylation is 1. The molecule has 2 heterocycles. The van der Waals surface area contributed by atoms with E-state index in [4.69, 9.17) is 9.52 Å². The molecule has 5 aromatic rings. The first-order valence-corrected chi connectivity index (χ1v) is 11.3. The van der Waals surface area contributed by atoms with Crippen LogP contribution in [0, 0.1) is 6.92 Å². The molecule has 6 heteroatoms. The largest absolute Gasteiger partial charge is 0.460 e. The van der Waals surface area contributed by atoms with Crippen molar-refractivity contribution in [2.24, 2.45) is 5.10 Å². The lowest BCUT2D eigenvalue weighted by Gasteiger charge is -2.16. The average molecular weight is 461 g/mol. The number of aromatic nitrogens is 2. The summed E-state index contributed by atoms with van der Waals surface area (Å²) in [4.78, 5) is 13.3. The van der Waals surface area contributed by atoms with E-state index in [1.165, 1.54) is 0 Å². The van der Waals surface area contributed by atoms with Crippen LogP contribution in [0.1, 0.15) is 28.4 Å². The zero-order valence-electron chi connectivity index (χ0n) is 19.2. The predicted octanol–water partition coefficient (Wildman–Crippen LogP) is 5.72. The molecule has 3 aromatic carbocycles. The minimum Gasteiger partial charge on any atom is -0.460 e. The third-order valence-corrected chi connectivity index (χ3v) is 5.64. The molecule has 1 amide bonds. The molecule has 0 aliphatic rings. The fraction of sp³-hybridized carbons (Fsp3) is 0.0690. The average Bonchev–Trinajstić information content (AvgIpc) is 3.52. The van der Waals surface area contributed by atoms with Gasteiger partial charge in [-0.1, -0.05) is 78.9 Å². The van der Waals surface area contributed by atoms with Crippen molar-refractivity contribution >= 4 is 12.1 Å². The molecule has 0 saturated heterocycles. The first kappa shape index (κ1) is 22.1. The standard InChI is InChI=1S/C29H24N4O2/c1-21-17-18-26(35-21)28-24(20-33(32-28)25-15-9-4-10-16-25)19-30-31-29(34)27(22-11-5-2-6-12-22)23-13-7-3-8-14-23/h2-20,27H,1H3,(H,31,34)/b30-19-. The number of para-hydroxylation sites is 1. The van der Waals surface area contributed by atoms with Gasteiger partial charge < -0.3 is 4.42 Å². The lowest BCUT2D eigenvalue weighted by atomic mass is 9.91. The second kappa shape index (κ2) is 10.1. The fourth-order valence-corrected chi connectivity index (χ4v) is 3.96. The van der Waals surface area contributed by atoms with Crippen molar-refractivity contribution in [2.75, 3.05) is 0 Å². The molecule has 172 valence electrons. The van der Waals surface area contributed by atoms with E-state index in [0.29, 0.717) is 11.5 Å². The monoisotopic (exact) mass is 460 g/mol. The number of carbonyl (C=O) groups is 1. The van der Waals surface area contributed by atoms with E-state index in [-0.39, 0.29) is 5.91 Å². The van der Waals surface area contributed by atoms with Gasteiger partial charge in [0.15, 0.2) is 5.76 Å². The van der Waals surface area contributed by atoms with E-state index < -0.39 is 5.92 Å². The number of hydrazone groups is 1. The van der Waals surface area contributed by atoms with Gasteiger partial charge in [0.05, 0.1) is 17.8 Å². The Kier molecular flexibility index (Phi) is 6.35. The Hall–Kier alpha value is -4.71. The van der Waals surface area contributed by atoms with Crippen LogP contribution in [0.25, 0.3) is 17.1 Å². The third kappa shape index (κ3) is 4.96. The van der Waals surface area contributed by atoms with Crippen LogP contribution < -0.4 is 5.43 Å². The molecule has 0 bridgehead atoms. The molecule has 0 aliphatic heterocycles. The van der Waals surface area contributed by atoms with Crippen molar-refractivity contribution in [2.45, 2.75) is 12.8 Å². The molecule has 0 saturated carbocycles. The van der Waals surface area contributed by atoms with Crippen LogP contribution in [0.2, 0.25) is 0 Å². The number of amides is 1. The number of carbonyl (C=O) groups excluding carboxylic acids is 1. The molecule has 5 rings (SSSR count). The highest BCUT2D eigenvalue weighted by Gasteiger charge is 2.22. The number of benzene rings is 3. The predicted molar refractivity (Wildman–Crippen MR) is 136 cm³/mol. The maximum absolute atomic E-state index is 13.3. The Bertz CT molecular complexity index is 1400. The van der Waals surface area contributed by atoms with Crippen LogP contribution in [0.4, 0.5) is 0 Å². The highest BCUT2D eigenvalue weighted by Crippen LogP contribution is 2.26. The van der Waals surface area contributed by atoms with Crippen molar-refractivity contribution < 1.29 is 9.21 Å². The first-order chi connectivity index (χ1) is 17.2. The smallest absolute Gasteiger partial charge is 0.252 e. The zero-order chi connectivity index (χ0) is 24.0. The van der Waals surface area contributed by atoms with Gasteiger partial charge in [0, 0.05) is 11.8 Å². The molecule has 35 heavy (non-hydrogen) atoms. The quantitative estimate of drug-likeness (QED) is 0.249. The van der Waals surface area contributed by atoms with Gasteiger partial charge in [0.25, 0.3) is 5.91 Å². The Morgan fingerprint density at radius 1 is 0.886 bits per heavy atom. The number of hydrogen-bond donors (Lipinski definition) is 1. The third-order valence-electron chi connectivity index (χ3n) is 5.64. The van der Waals surface area contributed by atoms with Gasteiger partial charge in [-0.05, 0) is 42.3 Å². The highest BCUT2D eigenvalue weighted by atomic mass is 16.3. The van der Waals surface area contributed by atoms with Crippen molar-refractivity contribution in [1.82, 2.24) is 15.2 Å². The molecule has 1 N–H and O–H groups in total. The summed E-state index contributed by atoms with van der Waals surface area (Å²) in [6.07, 6.45) is 3.47. The number of nitrogens with zero attached hydrogens (tertiary/aromatic N) is 3. The molecule has 0 fully saturated rings. The summed E-state index contributed by atoms with van der Waals surface area (Å²) < 4.78 is 7.59. The minimum atomic E-state index is -0.478. The van der Waals surface area contributed by atoms with Gasteiger partial charge in [-0.2, -0.15) is 10.2 Å². The summed E-state index contributed by atoms with van der Waals surface area (Å²) >= 11 is 0. The van der Waals surface area contributed by atoms with E-state index in [9.17, 15) is 4.79 Å². The van der Waals surface area contributed by atoms with Crippen LogP contribution in [0.5, 0.6) is 0 Å². The van der Waals surface area contributed by atoms with Crippen LogP contribution in [0.3, 0.4) is 0 Å². The van der Waals surface area contributed by atoms with Gasteiger partial charge in [-0.15, -0.1) is 0 Å². The SMILES string of the molecule is Cc1ccc(-c2nn(-c3ccccc3)cc2/C=N\NC(=O)C(c2ccccc2)c2ccccc2)o1. The second-order valence-electron chi connectivity index (χ2n) is 8.11. The summed E-state index contributed by atoms with van der Waals surface area (Å²) in [6, 6.07) is 32.9. The summed E-state index contributed by atoms with van der Waals surface area (Å²) in [5.41, 5.74) is 6.79. The summed E-state index contributed by atoms with van der Waals surface area (Å²) in [7, 11) is 0. The van der Waals surface area contributed by atoms with E-state index in [1.54, 1.807) is 10.9 Å². The molecule has 0 aliphatic carbocycles. The van der Waals surface area contributed by atoms with E-state index in [0.717, 1.165) is 28.1 Å². The minimum absolute atomic E-state index is 0.218. The van der Waals surface area contributed by atoms with E-state index in [2.05, 4.69) is 10.5 Å². The zero-order valence-corrected chi connectivity index (χ0v) is 19.2. The molecule has 0 radical (unpaired) electrons. The van der Waals surface area contributed by atoms with Crippen LogP contribution in [-0.2, 0) is 4.79 Å². The molecular formula is C29H24N4O2. The van der Waals surface area contributed by atoms with Gasteiger partial charge in [0.2, 0.25) is 0 Å². The molecule has 0 atom stereocenters. The second-order valence-corrected chi connectivity index (χ2v) is 8.11. The van der Waals surface area contributed by atoms with Crippen LogP contribution in [-0.4, -0.2) is 21.9 Å². The highest BCUT2D eigenvalue weighted by molar-refractivity contribution is 5.91. The van der Waals surface area contributed by atoms with Gasteiger partial charge in [0.1, 0.15) is 11.5 Å². The van der Waals surface area contributed by atoms with Gasteiger partial charge >= 0.3 is 0 Å². The number of furan rings is 1. The lowest BCUT2D eigenvalue weighted by molar-refractivity contribution is -0.121. The fourth-order valence-electron chi connectivity index (χ4n) is 3.96. The summed E-state index contributed by atoms with van der Waals surface area (Å²) in [5.74, 6) is 0.730. The number of hydrogen-bond acceptors (Lipinski definition) is 4. The van der Waals surface area contributed by atoms with Crippen LogP contribution >= 0.6 is 0 Å². The molecule has 6 nitrogen and oxygen atoms in total. The number of nitrogens with one attached hydrogen (secondary N) is 1. The summed E-state index contributed by atoms with van der Waals surface area (Å²) in [5, 5.41) is 9.00. The topological polar surface area (TPSA) is 72.4 Å².